The van der Waals surface area contributed by atoms with Gasteiger partial charge in [0.2, 0.25) is 5.91 Å². The summed E-state index contributed by atoms with van der Waals surface area (Å²) >= 11 is 1.46. The fourth-order valence-corrected chi connectivity index (χ4v) is 3.26. The number of anilines is 1. The van der Waals surface area contributed by atoms with Crippen LogP contribution >= 0.6 is 11.3 Å². The van der Waals surface area contributed by atoms with Gasteiger partial charge >= 0.3 is 0 Å². The van der Waals surface area contributed by atoms with Crippen LogP contribution < -0.4 is 5.32 Å². The van der Waals surface area contributed by atoms with E-state index in [1.807, 2.05) is 60.8 Å². The number of carbonyl (C=O) groups excluding carboxylic acids is 1. The number of nitrogens with zero attached hydrogens (tertiary/aromatic N) is 3. The highest BCUT2D eigenvalue weighted by Gasteiger charge is 2.05. The summed E-state index contributed by atoms with van der Waals surface area (Å²) in [7, 11) is 0. The Balaban J connectivity index is 1.44. The minimum absolute atomic E-state index is 0.216. The summed E-state index contributed by atoms with van der Waals surface area (Å²) in [4.78, 5) is 16.5. The Morgan fingerprint density at radius 2 is 1.88 bits per heavy atom. The zero-order chi connectivity index (χ0) is 17.1. The van der Waals surface area contributed by atoms with Crippen LogP contribution in [0.2, 0.25) is 0 Å². The second kappa shape index (κ2) is 6.70. The van der Waals surface area contributed by atoms with E-state index in [2.05, 4.69) is 15.4 Å². The maximum Gasteiger partial charge on any atom is 0.250 e. The third-order valence-corrected chi connectivity index (χ3v) is 4.53. The molecule has 0 atom stereocenters. The molecule has 6 heteroatoms. The number of rotatable bonds is 4. The lowest BCUT2D eigenvalue weighted by molar-refractivity contribution is -0.111. The van der Waals surface area contributed by atoms with Gasteiger partial charge in [-0.1, -0.05) is 41.7 Å². The number of hydrogen-bond donors (Lipinski definition) is 1. The molecule has 0 aliphatic heterocycles. The van der Waals surface area contributed by atoms with Crippen LogP contribution in [0.5, 0.6) is 0 Å². The zero-order valence-corrected chi connectivity index (χ0v) is 14.0. The van der Waals surface area contributed by atoms with Crippen molar-refractivity contribution in [3.8, 4) is 5.69 Å². The molecular formula is C19H14N4OS. The quantitative estimate of drug-likeness (QED) is 0.565. The number of para-hydroxylation sites is 2. The Hall–Kier alpha value is -3.25. The molecule has 2 aromatic carbocycles. The zero-order valence-electron chi connectivity index (χ0n) is 13.2. The first-order chi connectivity index (χ1) is 12.3. The first-order valence-corrected chi connectivity index (χ1v) is 8.54. The van der Waals surface area contributed by atoms with E-state index in [-0.39, 0.29) is 5.91 Å². The van der Waals surface area contributed by atoms with Gasteiger partial charge in [-0.3, -0.25) is 10.1 Å². The molecule has 0 spiro atoms. The molecule has 0 aliphatic carbocycles. The normalized spacial score (nSPS) is 11.2. The van der Waals surface area contributed by atoms with Crippen LogP contribution in [-0.4, -0.2) is 20.7 Å². The summed E-state index contributed by atoms with van der Waals surface area (Å²) in [5, 5.41) is 7.69. The van der Waals surface area contributed by atoms with Gasteiger partial charge in [0.05, 0.1) is 22.1 Å². The number of amides is 1. The van der Waals surface area contributed by atoms with E-state index < -0.39 is 0 Å². The van der Waals surface area contributed by atoms with Gasteiger partial charge in [0.25, 0.3) is 0 Å². The molecule has 5 nitrogen and oxygen atoms in total. The summed E-state index contributed by atoms with van der Waals surface area (Å²) < 4.78 is 2.82. The van der Waals surface area contributed by atoms with Crippen LogP contribution in [0.25, 0.3) is 22.0 Å². The van der Waals surface area contributed by atoms with Gasteiger partial charge in [-0.25, -0.2) is 9.67 Å². The lowest BCUT2D eigenvalue weighted by Gasteiger charge is -1.98. The van der Waals surface area contributed by atoms with Crippen molar-refractivity contribution in [3.05, 3.63) is 78.6 Å². The molecule has 2 heterocycles. The van der Waals surface area contributed by atoms with Crippen LogP contribution in [0, 0.1) is 0 Å². The van der Waals surface area contributed by atoms with Gasteiger partial charge in [-0.05, 0) is 30.3 Å². The molecule has 0 aliphatic rings. The minimum Gasteiger partial charge on any atom is -0.298 e. The molecule has 0 saturated carbocycles. The Bertz CT molecular complexity index is 1020. The van der Waals surface area contributed by atoms with E-state index in [0.29, 0.717) is 5.13 Å². The van der Waals surface area contributed by atoms with Crippen LogP contribution in [0.3, 0.4) is 0 Å². The Morgan fingerprint density at radius 3 is 2.72 bits per heavy atom. The number of benzene rings is 2. The summed E-state index contributed by atoms with van der Waals surface area (Å²) in [6.45, 7) is 0. The van der Waals surface area contributed by atoms with E-state index in [9.17, 15) is 4.79 Å². The third kappa shape index (κ3) is 3.49. The second-order valence-electron chi connectivity index (χ2n) is 5.36. The monoisotopic (exact) mass is 346 g/mol. The molecular weight excluding hydrogens is 332 g/mol. The second-order valence-corrected chi connectivity index (χ2v) is 6.39. The van der Waals surface area contributed by atoms with E-state index >= 15 is 0 Å². The maximum absolute atomic E-state index is 12.1. The van der Waals surface area contributed by atoms with Gasteiger partial charge in [-0.2, -0.15) is 5.10 Å². The van der Waals surface area contributed by atoms with Crippen molar-refractivity contribution in [1.82, 2.24) is 14.8 Å². The molecule has 1 amide bonds. The molecule has 0 bridgehead atoms. The number of nitrogens with one attached hydrogen (secondary N) is 1. The summed E-state index contributed by atoms with van der Waals surface area (Å²) in [6.07, 6.45) is 6.80. The van der Waals surface area contributed by atoms with Gasteiger partial charge in [0.1, 0.15) is 0 Å². The van der Waals surface area contributed by atoms with Crippen molar-refractivity contribution in [3.63, 3.8) is 0 Å². The highest BCUT2D eigenvalue weighted by atomic mass is 32.1. The van der Waals surface area contributed by atoms with Gasteiger partial charge in [0, 0.05) is 17.8 Å². The minimum atomic E-state index is -0.216. The SMILES string of the molecule is O=C(/C=C/c1cnn(-c2ccccc2)c1)Nc1nc2ccccc2s1. The molecule has 0 radical (unpaired) electrons. The lowest BCUT2D eigenvalue weighted by atomic mass is 10.3. The first-order valence-electron chi connectivity index (χ1n) is 7.73. The van der Waals surface area contributed by atoms with Crippen molar-refractivity contribution in [2.24, 2.45) is 0 Å². The van der Waals surface area contributed by atoms with Crippen molar-refractivity contribution >= 4 is 38.7 Å². The Morgan fingerprint density at radius 1 is 1.08 bits per heavy atom. The topological polar surface area (TPSA) is 59.8 Å². The fraction of sp³-hybridized carbons (Fsp3) is 0. The largest absolute Gasteiger partial charge is 0.298 e. The van der Waals surface area contributed by atoms with Crippen LogP contribution in [0.4, 0.5) is 5.13 Å². The van der Waals surface area contributed by atoms with E-state index in [1.54, 1.807) is 17.0 Å². The highest BCUT2D eigenvalue weighted by molar-refractivity contribution is 7.22. The summed E-state index contributed by atoms with van der Waals surface area (Å²) in [5.41, 5.74) is 2.71. The van der Waals surface area contributed by atoms with Crippen LogP contribution in [0.15, 0.2) is 73.1 Å². The van der Waals surface area contributed by atoms with Crippen molar-refractivity contribution in [1.29, 1.82) is 0 Å². The predicted molar refractivity (Wildman–Crippen MR) is 101 cm³/mol. The third-order valence-electron chi connectivity index (χ3n) is 3.57. The number of fused-ring (bicyclic) bond motifs is 1. The molecule has 1 N–H and O–H groups in total. The maximum atomic E-state index is 12.1. The van der Waals surface area contributed by atoms with Gasteiger partial charge in [0.15, 0.2) is 5.13 Å². The molecule has 0 unspecified atom stereocenters. The average molecular weight is 346 g/mol. The highest BCUT2D eigenvalue weighted by Crippen LogP contribution is 2.25. The summed E-state index contributed by atoms with van der Waals surface area (Å²) in [6, 6.07) is 17.6. The molecule has 4 aromatic rings. The smallest absolute Gasteiger partial charge is 0.250 e. The molecule has 4 rings (SSSR count). The Kier molecular flexibility index (Phi) is 4.10. The van der Waals surface area contributed by atoms with Gasteiger partial charge < -0.3 is 0 Å². The van der Waals surface area contributed by atoms with Crippen LogP contribution in [0.1, 0.15) is 5.56 Å². The van der Waals surface area contributed by atoms with Crippen molar-refractivity contribution in [2.75, 3.05) is 5.32 Å². The van der Waals surface area contributed by atoms with Crippen molar-refractivity contribution in [2.45, 2.75) is 0 Å². The average Bonchev–Trinajstić information content (AvgIpc) is 3.27. The molecule has 2 aromatic heterocycles. The van der Waals surface area contributed by atoms with E-state index in [4.69, 9.17) is 0 Å². The van der Waals surface area contributed by atoms with Gasteiger partial charge in [-0.15, -0.1) is 0 Å². The number of aromatic nitrogens is 3. The molecule has 0 fully saturated rings. The molecule has 25 heavy (non-hydrogen) atoms. The standard InChI is InChI=1S/C19H14N4OS/c24-18(22-19-21-16-8-4-5-9-17(16)25-19)11-10-14-12-20-23(13-14)15-6-2-1-3-7-15/h1-13H,(H,21,22,24)/b11-10+. The molecule has 122 valence electrons. The lowest BCUT2D eigenvalue weighted by Crippen LogP contribution is -2.07. The molecule has 0 saturated heterocycles. The fourth-order valence-electron chi connectivity index (χ4n) is 2.39. The predicted octanol–water partition coefficient (Wildman–Crippen LogP) is 4.13. The Labute approximate surface area is 148 Å². The number of thiazole rings is 1. The van der Waals surface area contributed by atoms with E-state index in [0.717, 1.165) is 21.5 Å². The summed E-state index contributed by atoms with van der Waals surface area (Å²) in [5.74, 6) is -0.216. The van der Waals surface area contributed by atoms with Crippen molar-refractivity contribution < 1.29 is 4.79 Å². The van der Waals surface area contributed by atoms with Crippen LogP contribution in [-0.2, 0) is 4.79 Å². The number of hydrogen-bond acceptors (Lipinski definition) is 4. The first kappa shape index (κ1) is 15.3. The van der Waals surface area contributed by atoms with E-state index in [1.165, 1.54) is 17.4 Å². The number of carbonyl (C=O) groups is 1.